The molecule has 0 aliphatic carbocycles. The molecular weight excluding hydrogens is 164 g/mol. The average molecular weight is 180 g/mol. The molecule has 2 heteroatoms. The van der Waals surface area contributed by atoms with E-state index in [1.165, 1.54) is 0 Å². The lowest BCUT2D eigenvalue weighted by Crippen LogP contribution is -2.03. The van der Waals surface area contributed by atoms with E-state index in [9.17, 15) is 10.2 Å². The van der Waals surface area contributed by atoms with Crippen LogP contribution in [0, 0.1) is 0 Å². The molecule has 0 aliphatic heterocycles. The highest BCUT2D eigenvalue weighted by atomic mass is 16.3. The Labute approximate surface area is 78.8 Å². The SMILES string of the molecule is CC[C@H](O)c1ccccc1[C@H](C)O. The van der Waals surface area contributed by atoms with E-state index in [0.717, 1.165) is 11.1 Å². The van der Waals surface area contributed by atoms with Crippen LogP contribution in [-0.4, -0.2) is 10.2 Å². The molecule has 0 bridgehead atoms. The molecule has 0 fully saturated rings. The molecule has 1 rings (SSSR count). The third kappa shape index (κ3) is 2.29. The minimum absolute atomic E-state index is 0.467. The summed E-state index contributed by atoms with van der Waals surface area (Å²) >= 11 is 0. The van der Waals surface area contributed by atoms with Gasteiger partial charge in [-0.25, -0.2) is 0 Å². The molecule has 2 N–H and O–H groups in total. The average Bonchev–Trinajstić information content (AvgIpc) is 2.16. The van der Waals surface area contributed by atoms with Gasteiger partial charge in [-0.1, -0.05) is 31.2 Å². The maximum atomic E-state index is 9.65. The molecule has 1 aromatic rings. The van der Waals surface area contributed by atoms with E-state index in [0.29, 0.717) is 6.42 Å². The van der Waals surface area contributed by atoms with Gasteiger partial charge in [-0.3, -0.25) is 0 Å². The highest BCUT2D eigenvalue weighted by molar-refractivity contribution is 5.30. The van der Waals surface area contributed by atoms with Crippen molar-refractivity contribution in [3.63, 3.8) is 0 Å². The van der Waals surface area contributed by atoms with Gasteiger partial charge in [0.2, 0.25) is 0 Å². The zero-order valence-corrected chi connectivity index (χ0v) is 8.07. The Morgan fingerprint density at radius 1 is 1.15 bits per heavy atom. The normalized spacial score (nSPS) is 15.4. The minimum atomic E-state index is -0.516. The lowest BCUT2D eigenvalue weighted by molar-refractivity contribution is 0.159. The van der Waals surface area contributed by atoms with Crippen LogP contribution in [0.4, 0.5) is 0 Å². The van der Waals surface area contributed by atoms with Gasteiger partial charge in [0, 0.05) is 0 Å². The van der Waals surface area contributed by atoms with E-state index in [2.05, 4.69) is 0 Å². The maximum absolute atomic E-state index is 9.65. The highest BCUT2D eigenvalue weighted by Crippen LogP contribution is 2.25. The van der Waals surface area contributed by atoms with E-state index in [4.69, 9.17) is 0 Å². The number of hydrogen-bond donors (Lipinski definition) is 2. The molecule has 0 aromatic heterocycles. The molecule has 1 aromatic carbocycles. The second-order valence-corrected chi connectivity index (χ2v) is 3.23. The summed E-state index contributed by atoms with van der Waals surface area (Å²) < 4.78 is 0. The Kier molecular flexibility index (Phi) is 3.46. The van der Waals surface area contributed by atoms with Gasteiger partial charge in [-0.2, -0.15) is 0 Å². The standard InChI is InChI=1S/C11H16O2/c1-3-11(13)10-7-5-4-6-9(10)8(2)12/h4-8,11-13H,3H2,1-2H3/t8-,11-/m0/s1. The monoisotopic (exact) mass is 180 g/mol. The topological polar surface area (TPSA) is 40.5 Å². The van der Waals surface area contributed by atoms with E-state index >= 15 is 0 Å². The second-order valence-electron chi connectivity index (χ2n) is 3.23. The Balaban J connectivity index is 3.04. The molecular formula is C11H16O2. The summed E-state index contributed by atoms with van der Waals surface area (Å²) in [4.78, 5) is 0. The van der Waals surface area contributed by atoms with Gasteiger partial charge in [-0.15, -0.1) is 0 Å². The van der Waals surface area contributed by atoms with Crippen LogP contribution in [0.25, 0.3) is 0 Å². The van der Waals surface area contributed by atoms with E-state index < -0.39 is 12.2 Å². The molecule has 0 unspecified atom stereocenters. The first-order chi connectivity index (χ1) is 6.16. The summed E-state index contributed by atoms with van der Waals surface area (Å²) in [5.74, 6) is 0. The Bertz CT molecular complexity index is 269. The summed E-state index contributed by atoms with van der Waals surface area (Å²) in [6.45, 7) is 3.63. The van der Waals surface area contributed by atoms with Crippen LogP contribution in [-0.2, 0) is 0 Å². The van der Waals surface area contributed by atoms with Crippen molar-refractivity contribution in [1.29, 1.82) is 0 Å². The lowest BCUT2D eigenvalue weighted by Gasteiger charge is -2.15. The molecule has 0 radical (unpaired) electrons. The molecule has 0 saturated heterocycles. The van der Waals surface area contributed by atoms with Gasteiger partial charge in [0.15, 0.2) is 0 Å². The zero-order valence-electron chi connectivity index (χ0n) is 8.07. The van der Waals surface area contributed by atoms with Gasteiger partial charge < -0.3 is 10.2 Å². The molecule has 0 heterocycles. The third-order valence-electron chi connectivity index (χ3n) is 2.19. The summed E-state index contributed by atoms with van der Waals surface area (Å²) in [6, 6.07) is 7.45. The second kappa shape index (κ2) is 4.40. The van der Waals surface area contributed by atoms with Crippen LogP contribution in [0.2, 0.25) is 0 Å². The zero-order chi connectivity index (χ0) is 9.84. The van der Waals surface area contributed by atoms with Crippen LogP contribution in [0.1, 0.15) is 43.6 Å². The fourth-order valence-electron chi connectivity index (χ4n) is 1.41. The summed E-state index contributed by atoms with van der Waals surface area (Å²) in [6.07, 6.45) is -0.313. The van der Waals surface area contributed by atoms with Crippen molar-refractivity contribution in [2.75, 3.05) is 0 Å². The van der Waals surface area contributed by atoms with Crippen LogP contribution in [0.3, 0.4) is 0 Å². The van der Waals surface area contributed by atoms with Crippen molar-refractivity contribution in [2.45, 2.75) is 32.5 Å². The van der Waals surface area contributed by atoms with Crippen molar-refractivity contribution in [3.8, 4) is 0 Å². The van der Waals surface area contributed by atoms with Gasteiger partial charge in [0.05, 0.1) is 12.2 Å². The largest absolute Gasteiger partial charge is 0.389 e. The van der Waals surface area contributed by atoms with Crippen LogP contribution >= 0.6 is 0 Å². The lowest BCUT2D eigenvalue weighted by atomic mass is 9.98. The maximum Gasteiger partial charge on any atom is 0.0791 e. The van der Waals surface area contributed by atoms with Crippen LogP contribution in [0.5, 0.6) is 0 Å². The van der Waals surface area contributed by atoms with Crippen molar-refractivity contribution < 1.29 is 10.2 Å². The van der Waals surface area contributed by atoms with E-state index in [1.54, 1.807) is 6.92 Å². The number of hydrogen-bond acceptors (Lipinski definition) is 2. The Hall–Kier alpha value is -0.860. The predicted molar refractivity (Wildman–Crippen MR) is 52.3 cm³/mol. The fraction of sp³-hybridized carbons (Fsp3) is 0.455. The van der Waals surface area contributed by atoms with Gasteiger partial charge >= 0.3 is 0 Å². The van der Waals surface area contributed by atoms with E-state index in [-0.39, 0.29) is 0 Å². The molecule has 0 saturated carbocycles. The smallest absolute Gasteiger partial charge is 0.0791 e. The van der Waals surface area contributed by atoms with Gasteiger partial charge in [-0.05, 0) is 24.5 Å². The van der Waals surface area contributed by atoms with Gasteiger partial charge in [0.25, 0.3) is 0 Å². The van der Waals surface area contributed by atoms with Crippen LogP contribution < -0.4 is 0 Å². The molecule has 72 valence electrons. The first-order valence-electron chi connectivity index (χ1n) is 4.61. The fourth-order valence-corrected chi connectivity index (χ4v) is 1.41. The minimum Gasteiger partial charge on any atom is -0.389 e. The molecule has 2 nitrogen and oxygen atoms in total. The van der Waals surface area contributed by atoms with E-state index in [1.807, 2.05) is 31.2 Å². The number of benzene rings is 1. The molecule has 0 aliphatic rings. The quantitative estimate of drug-likeness (QED) is 0.748. The number of rotatable bonds is 3. The Morgan fingerprint density at radius 2 is 1.69 bits per heavy atom. The van der Waals surface area contributed by atoms with Crippen molar-refractivity contribution in [3.05, 3.63) is 35.4 Å². The molecule has 0 spiro atoms. The van der Waals surface area contributed by atoms with Crippen molar-refractivity contribution in [1.82, 2.24) is 0 Å². The van der Waals surface area contributed by atoms with Crippen molar-refractivity contribution >= 4 is 0 Å². The highest BCUT2D eigenvalue weighted by Gasteiger charge is 2.12. The third-order valence-corrected chi connectivity index (χ3v) is 2.19. The first-order valence-corrected chi connectivity index (χ1v) is 4.61. The van der Waals surface area contributed by atoms with Crippen LogP contribution in [0.15, 0.2) is 24.3 Å². The number of aliphatic hydroxyl groups excluding tert-OH is 2. The van der Waals surface area contributed by atoms with Gasteiger partial charge in [0.1, 0.15) is 0 Å². The molecule has 13 heavy (non-hydrogen) atoms. The molecule has 2 atom stereocenters. The number of aliphatic hydroxyl groups is 2. The van der Waals surface area contributed by atoms with Crippen molar-refractivity contribution in [2.24, 2.45) is 0 Å². The first kappa shape index (κ1) is 10.2. The Morgan fingerprint density at radius 3 is 2.15 bits per heavy atom. The molecule has 0 amide bonds. The summed E-state index contributed by atoms with van der Waals surface area (Å²) in [5.41, 5.74) is 1.65. The predicted octanol–water partition coefficient (Wildman–Crippen LogP) is 2.18. The summed E-state index contributed by atoms with van der Waals surface area (Å²) in [5, 5.41) is 19.1. The summed E-state index contributed by atoms with van der Waals surface area (Å²) in [7, 11) is 0.